The Bertz CT molecular complexity index is 570. The van der Waals surface area contributed by atoms with E-state index in [4.69, 9.17) is 16.3 Å². The van der Waals surface area contributed by atoms with Crippen LogP contribution in [0, 0.1) is 0 Å². The molecule has 1 aromatic carbocycles. The Hall–Kier alpha value is -2.01. The van der Waals surface area contributed by atoms with Gasteiger partial charge in [-0.05, 0) is 37.1 Å². The predicted octanol–water partition coefficient (Wildman–Crippen LogP) is 2.90. The van der Waals surface area contributed by atoms with Crippen molar-refractivity contribution in [2.45, 2.75) is 32.4 Å². The summed E-state index contributed by atoms with van der Waals surface area (Å²) in [5, 5.41) is 3.55. The third-order valence-electron chi connectivity index (χ3n) is 3.21. The highest BCUT2D eigenvalue weighted by Crippen LogP contribution is 2.17. The van der Waals surface area contributed by atoms with E-state index in [1.54, 1.807) is 36.8 Å². The molecule has 0 aliphatic heterocycles. The summed E-state index contributed by atoms with van der Waals surface area (Å²) >= 11 is 5.83. The minimum atomic E-state index is -0.491. The first-order valence-corrected chi connectivity index (χ1v) is 7.72. The van der Waals surface area contributed by atoms with Crippen molar-refractivity contribution in [3.8, 4) is 5.75 Å². The van der Waals surface area contributed by atoms with Gasteiger partial charge < -0.3 is 14.6 Å². The summed E-state index contributed by atoms with van der Waals surface area (Å²) in [7, 11) is 0. The Kier molecular flexibility index (Phi) is 6.27. The van der Waals surface area contributed by atoms with E-state index in [9.17, 15) is 4.79 Å². The average Bonchev–Trinajstić information content (AvgIpc) is 3.04. The van der Waals surface area contributed by atoms with Crippen LogP contribution in [-0.4, -0.2) is 28.1 Å². The Morgan fingerprint density at radius 1 is 1.41 bits per heavy atom. The fourth-order valence-corrected chi connectivity index (χ4v) is 2.13. The van der Waals surface area contributed by atoms with Crippen LogP contribution in [0.3, 0.4) is 0 Å². The fourth-order valence-electron chi connectivity index (χ4n) is 2.01. The largest absolute Gasteiger partial charge is 0.481 e. The number of amides is 1. The molecule has 5 nitrogen and oxygen atoms in total. The van der Waals surface area contributed by atoms with Crippen molar-refractivity contribution >= 4 is 17.5 Å². The van der Waals surface area contributed by atoms with Gasteiger partial charge in [-0.1, -0.05) is 18.5 Å². The van der Waals surface area contributed by atoms with Gasteiger partial charge in [0.05, 0.1) is 6.33 Å². The summed E-state index contributed by atoms with van der Waals surface area (Å²) < 4.78 is 7.68. The van der Waals surface area contributed by atoms with E-state index >= 15 is 0 Å². The number of nitrogens with zero attached hydrogens (tertiary/aromatic N) is 2. The minimum absolute atomic E-state index is 0.0944. The first kappa shape index (κ1) is 16.4. The van der Waals surface area contributed by atoms with Crippen LogP contribution in [0.1, 0.15) is 19.8 Å². The molecule has 1 heterocycles. The van der Waals surface area contributed by atoms with Gasteiger partial charge in [0.1, 0.15) is 5.75 Å². The van der Waals surface area contributed by atoms with Crippen LogP contribution in [0.4, 0.5) is 0 Å². The molecule has 2 aromatic rings. The number of rotatable bonds is 8. The first-order chi connectivity index (χ1) is 10.7. The zero-order valence-electron chi connectivity index (χ0n) is 12.5. The number of aromatic nitrogens is 2. The molecule has 0 aliphatic rings. The van der Waals surface area contributed by atoms with Gasteiger partial charge in [-0.2, -0.15) is 0 Å². The molecule has 1 atom stereocenters. The number of nitrogens with one attached hydrogen (secondary N) is 1. The van der Waals surface area contributed by atoms with Crippen molar-refractivity contribution in [2.24, 2.45) is 0 Å². The van der Waals surface area contributed by atoms with Gasteiger partial charge in [0.25, 0.3) is 5.91 Å². The highest BCUT2D eigenvalue weighted by atomic mass is 35.5. The smallest absolute Gasteiger partial charge is 0.261 e. The molecule has 118 valence electrons. The highest BCUT2D eigenvalue weighted by Gasteiger charge is 2.17. The zero-order valence-corrected chi connectivity index (χ0v) is 13.3. The molecule has 6 heteroatoms. The monoisotopic (exact) mass is 321 g/mol. The molecule has 0 bridgehead atoms. The quantitative estimate of drug-likeness (QED) is 0.761. The van der Waals surface area contributed by atoms with E-state index in [2.05, 4.69) is 10.3 Å². The van der Waals surface area contributed by atoms with Gasteiger partial charge in [0, 0.05) is 30.5 Å². The molecule has 22 heavy (non-hydrogen) atoms. The lowest BCUT2D eigenvalue weighted by molar-refractivity contribution is -0.128. The number of imidazole rings is 1. The molecular weight excluding hydrogens is 302 g/mol. The summed E-state index contributed by atoms with van der Waals surface area (Å²) in [4.78, 5) is 16.1. The molecular formula is C16H20ClN3O2. The molecule has 1 amide bonds. The number of halogens is 1. The third kappa shape index (κ3) is 5.07. The van der Waals surface area contributed by atoms with Crippen molar-refractivity contribution in [2.75, 3.05) is 6.54 Å². The standard InChI is InChI=1S/C16H20ClN3O2/c1-2-15(22-14-6-4-13(17)5-7-14)16(21)19-8-3-10-20-11-9-18-12-20/h4-7,9,11-12,15H,2-3,8,10H2,1H3,(H,19,21)/t15-/m0/s1. The number of aryl methyl sites for hydroxylation is 1. The maximum atomic E-state index is 12.1. The van der Waals surface area contributed by atoms with Crippen molar-refractivity contribution in [1.82, 2.24) is 14.9 Å². The summed E-state index contributed by atoms with van der Waals surface area (Å²) in [6, 6.07) is 7.01. The Labute approximate surface area is 135 Å². The highest BCUT2D eigenvalue weighted by molar-refractivity contribution is 6.30. The van der Waals surface area contributed by atoms with Crippen LogP contribution in [0.15, 0.2) is 43.0 Å². The Morgan fingerprint density at radius 3 is 2.82 bits per heavy atom. The van der Waals surface area contributed by atoms with Gasteiger partial charge in [0.2, 0.25) is 0 Å². The van der Waals surface area contributed by atoms with E-state index in [0.29, 0.717) is 23.7 Å². The molecule has 0 unspecified atom stereocenters. The number of hydrogen-bond donors (Lipinski definition) is 1. The van der Waals surface area contributed by atoms with Crippen molar-refractivity contribution in [1.29, 1.82) is 0 Å². The third-order valence-corrected chi connectivity index (χ3v) is 3.46. The fraction of sp³-hybridized carbons (Fsp3) is 0.375. The van der Waals surface area contributed by atoms with E-state index < -0.39 is 6.10 Å². The maximum Gasteiger partial charge on any atom is 0.261 e. The maximum absolute atomic E-state index is 12.1. The van der Waals surface area contributed by atoms with Crippen molar-refractivity contribution in [3.63, 3.8) is 0 Å². The second-order valence-corrected chi connectivity index (χ2v) is 5.35. The summed E-state index contributed by atoms with van der Waals surface area (Å²) in [6.07, 6.45) is 6.37. The molecule has 1 N–H and O–H groups in total. The number of carbonyl (C=O) groups excluding carboxylic acids is 1. The van der Waals surface area contributed by atoms with Gasteiger partial charge in [0.15, 0.2) is 6.10 Å². The van der Waals surface area contributed by atoms with Gasteiger partial charge >= 0.3 is 0 Å². The topological polar surface area (TPSA) is 56.1 Å². The molecule has 0 saturated carbocycles. The lowest BCUT2D eigenvalue weighted by Gasteiger charge is -2.17. The van der Waals surface area contributed by atoms with Gasteiger partial charge in [-0.3, -0.25) is 4.79 Å². The van der Waals surface area contributed by atoms with Gasteiger partial charge in [-0.25, -0.2) is 4.98 Å². The molecule has 1 aromatic heterocycles. The summed E-state index contributed by atoms with van der Waals surface area (Å²) in [5.41, 5.74) is 0. The minimum Gasteiger partial charge on any atom is -0.481 e. The predicted molar refractivity (Wildman–Crippen MR) is 86.0 cm³/mol. The summed E-state index contributed by atoms with van der Waals surface area (Å²) in [6.45, 7) is 3.36. The van der Waals surface area contributed by atoms with Crippen LogP contribution in [0.2, 0.25) is 5.02 Å². The van der Waals surface area contributed by atoms with E-state index in [0.717, 1.165) is 13.0 Å². The van der Waals surface area contributed by atoms with Gasteiger partial charge in [-0.15, -0.1) is 0 Å². The molecule has 0 spiro atoms. The van der Waals surface area contributed by atoms with Crippen LogP contribution in [0.5, 0.6) is 5.75 Å². The summed E-state index contributed by atoms with van der Waals surface area (Å²) in [5.74, 6) is 0.549. The Balaban J connectivity index is 1.75. The molecule has 0 aliphatic carbocycles. The lowest BCUT2D eigenvalue weighted by Crippen LogP contribution is -2.38. The second kappa shape index (κ2) is 8.44. The molecule has 2 rings (SSSR count). The van der Waals surface area contributed by atoms with Crippen LogP contribution in [0.25, 0.3) is 0 Å². The molecule has 0 saturated heterocycles. The normalized spacial score (nSPS) is 11.9. The van der Waals surface area contributed by atoms with Crippen LogP contribution < -0.4 is 10.1 Å². The second-order valence-electron chi connectivity index (χ2n) is 4.91. The van der Waals surface area contributed by atoms with Crippen molar-refractivity contribution < 1.29 is 9.53 Å². The average molecular weight is 322 g/mol. The molecule has 0 radical (unpaired) electrons. The lowest BCUT2D eigenvalue weighted by atomic mass is 10.2. The van der Waals surface area contributed by atoms with Crippen LogP contribution in [-0.2, 0) is 11.3 Å². The number of carbonyl (C=O) groups is 1. The number of hydrogen-bond acceptors (Lipinski definition) is 3. The van der Waals surface area contributed by atoms with E-state index in [1.807, 2.05) is 17.7 Å². The van der Waals surface area contributed by atoms with E-state index in [-0.39, 0.29) is 5.91 Å². The molecule has 0 fully saturated rings. The number of ether oxygens (including phenoxy) is 1. The first-order valence-electron chi connectivity index (χ1n) is 7.34. The van der Waals surface area contributed by atoms with Crippen LogP contribution >= 0.6 is 11.6 Å². The Morgan fingerprint density at radius 2 is 2.18 bits per heavy atom. The zero-order chi connectivity index (χ0) is 15.8. The number of benzene rings is 1. The van der Waals surface area contributed by atoms with Crippen molar-refractivity contribution in [3.05, 3.63) is 48.0 Å². The SMILES string of the molecule is CC[C@H](Oc1ccc(Cl)cc1)C(=O)NCCCn1ccnc1. The van der Waals surface area contributed by atoms with E-state index in [1.165, 1.54) is 0 Å².